The van der Waals surface area contributed by atoms with Gasteiger partial charge in [0.2, 0.25) is 0 Å². The predicted molar refractivity (Wildman–Crippen MR) is 67.5 cm³/mol. The van der Waals surface area contributed by atoms with Crippen LogP contribution in [0.1, 0.15) is 5.56 Å². The number of carbonyl (C=O) groups is 1. The minimum Gasteiger partial charge on any atom is -0.508 e. The molecule has 0 radical (unpaired) electrons. The molecule has 3 heteroatoms. The Bertz CT molecular complexity index is 682. The van der Waals surface area contributed by atoms with Crippen LogP contribution in [0.3, 0.4) is 0 Å². The van der Waals surface area contributed by atoms with Crippen molar-refractivity contribution in [2.45, 2.75) is 5.54 Å². The first kappa shape index (κ1) is 10.7. The third-order valence-corrected chi connectivity index (χ3v) is 3.13. The molecule has 0 amide bonds. The standard InChI is InChI=1S/C15H11NO2/c17-10-15(12-5-7-13(18)8-6-12)9-11-3-1-2-4-14(11)16-15/h1-10,18H. The number of rotatable bonds is 2. The highest BCUT2D eigenvalue weighted by Crippen LogP contribution is 2.27. The normalized spacial score (nSPS) is 20.7. The van der Waals surface area contributed by atoms with Gasteiger partial charge in [-0.05, 0) is 35.1 Å². The van der Waals surface area contributed by atoms with Gasteiger partial charge < -0.3 is 5.11 Å². The Hall–Kier alpha value is -2.42. The van der Waals surface area contributed by atoms with Gasteiger partial charge in [-0.15, -0.1) is 0 Å². The Kier molecular flexibility index (Phi) is 2.27. The zero-order valence-corrected chi connectivity index (χ0v) is 9.58. The maximum absolute atomic E-state index is 11.5. The van der Waals surface area contributed by atoms with Crippen LogP contribution in [0.15, 0.2) is 53.5 Å². The molecule has 3 rings (SSSR count). The molecule has 0 bridgehead atoms. The Morgan fingerprint density at radius 2 is 1.78 bits per heavy atom. The summed E-state index contributed by atoms with van der Waals surface area (Å²) in [6.45, 7) is 0. The number of phenols is 1. The number of hydrogen-bond acceptors (Lipinski definition) is 3. The lowest BCUT2D eigenvalue weighted by atomic mass is 9.92. The average molecular weight is 237 g/mol. The molecular weight excluding hydrogens is 226 g/mol. The van der Waals surface area contributed by atoms with E-state index >= 15 is 0 Å². The van der Waals surface area contributed by atoms with Gasteiger partial charge in [0.05, 0.1) is 5.36 Å². The molecule has 1 unspecified atom stereocenters. The van der Waals surface area contributed by atoms with Crippen molar-refractivity contribution in [3.05, 3.63) is 64.7 Å². The molecule has 18 heavy (non-hydrogen) atoms. The number of nitrogens with zero attached hydrogens (tertiary/aromatic N) is 1. The molecule has 2 aromatic carbocycles. The molecule has 1 N–H and O–H groups in total. The van der Waals surface area contributed by atoms with Gasteiger partial charge in [0.25, 0.3) is 0 Å². The minimum absolute atomic E-state index is 0.176. The van der Waals surface area contributed by atoms with Gasteiger partial charge >= 0.3 is 0 Å². The number of aromatic hydroxyl groups is 1. The maximum atomic E-state index is 11.5. The number of fused-ring (bicyclic) bond motifs is 1. The van der Waals surface area contributed by atoms with Crippen LogP contribution in [0.25, 0.3) is 6.08 Å². The summed E-state index contributed by atoms with van der Waals surface area (Å²) in [5, 5.41) is 11.1. The van der Waals surface area contributed by atoms with Crippen molar-refractivity contribution in [1.29, 1.82) is 0 Å². The number of carbonyl (C=O) groups excluding carboxylic acids is 1. The van der Waals surface area contributed by atoms with E-state index in [-0.39, 0.29) is 5.75 Å². The number of aldehydes is 1. The molecule has 0 saturated carbocycles. The lowest BCUT2D eigenvalue weighted by Gasteiger charge is -2.17. The van der Waals surface area contributed by atoms with E-state index in [1.807, 2.05) is 30.3 Å². The Morgan fingerprint density at radius 3 is 2.44 bits per heavy atom. The average Bonchev–Trinajstić information content (AvgIpc) is 2.79. The summed E-state index contributed by atoms with van der Waals surface area (Å²) in [6.07, 6.45) is 2.68. The first-order valence-corrected chi connectivity index (χ1v) is 5.67. The van der Waals surface area contributed by atoms with Gasteiger partial charge in [-0.2, -0.15) is 0 Å². The molecule has 0 fully saturated rings. The fourth-order valence-corrected chi connectivity index (χ4v) is 2.18. The molecule has 2 aromatic rings. The van der Waals surface area contributed by atoms with Crippen molar-refractivity contribution in [2.75, 3.05) is 0 Å². The molecule has 0 saturated heterocycles. The largest absolute Gasteiger partial charge is 0.508 e. The highest BCUT2D eigenvalue weighted by Gasteiger charge is 2.31. The van der Waals surface area contributed by atoms with E-state index in [4.69, 9.17) is 0 Å². The molecule has 0 spiro atoms. The topological polar surface area (TPSA) is 49.7 Å². The second-order valence-electron chi connectivity index (χ2n) is 4.31. The van der Waals surface area contributed by atoms with Crippen LogP contribution in [0.4, 0.5) is 0 Å². The van der Waals surface area contributed by atoms with Gasteiger partial charge in [0, 0.05) is 0 Å². The van der Waals surface area contributed by atoms with Crippen molar-refractivity contribution in [2.24, 2.45) is 4.99 Å². The van der Waals surface area contributed by atoms with E-state index in [1.54, 1.807) is 24.3 Å². The third kappa shape index (κ3) is 1.52. The summed E-state index contributed by atoms with van der Waals surface area (Å²) >= 11 is 0. The number of hydrogen-bond donors (Lipinski definition) is 1. The zero-order valence-electron chi connectivity index (χ0n) is 9.58. The van der Waals surface area contributed by atoms with Gasteiger partial charge in [-0.1, -0.05) is 30.3 Å². The molecule has 3 nitrogen and oxygen atoms in total. The lowest BCUT2D eigenvalue weighted by Crippen LogP contribution is -2.21. The summed E-state index contributed by atoms with van der Waals surface area (Å²) in [5.41, 5.74) is -0.205. The van der Waals surface area contributed by atoms with E-state index in [2.05, 4.69) is 4.99 Å². The summed E-state index contributed by atoms with van der Waals surface area (Å²) in [4.78, 5) is 16.0. The highest BCUT2D eigenvalue weighted by molar-refractivity contribution is 5.80. The number of para-hydroxylation sites is 1. The van der Waals surface area contributed by atoms with Crippen molar-refractivity contribution >= 4 is 12.4 Å². The number of phenolic OH excluding ortho intramolecular Hbond substituents is 1. The maximum Gasteiger partial charge on any atom is 0.160 e. The smallest absolute Gasteiger partial charge is 0.160 e. The molecular formula is C15H11NO2. The van der Waals surface area contributed by atoms with Crippen molar-refractivity contribution in [3.63, 3.8) is 0 Å². The van der Waals surface area contributed by atoms with Crippen LogP contribution in [0, 0.1) is 0 Å². The second-order valence-corrected chi connectivity index (χ2v) is 4.31. The van der Waals surface area contributed by atoms with Gasteiger partial charge in [-0.25, -0.2) is 0 Å². The molecule has 1 aliphatic rings. The fraction of sp³-hybridized carbons (Fsp3) is 0.0667. The van der Waals surface area contributed by atoms with E-state index in [0.717, 1.165) is 22.4 Å². The van der Waals surface area contributed by atoms with E-state index in [9.17, 15) is 9.90 Å². The van der Waals surface area contributed by atoms with Crippen molar-refractivity contribution < 1.29 is 9.90 Å². The van der Waals surface area contributed by atoms with E-state index < -0.39 is 5.54 Å². The first-order valence-electron chi connectivity index (χ1n) is 5.67. The lowest BCUT2D eigenvalue weighted by molar-refractivity contribution is -0.110. The van der Waals surface area contributed by atoms with Crippen molar-refractivity contribution in [1.82, 2.24) is 0 Å². The van der Waals surface area contributed by atoms with Crippen LogP contribution in [0.5, 0.6) is 5.75 Å². The Balaban J connectivity index is 2.23. The van der Waals surface area contributed by atoms with Crippen LogP contribution in [0.2, 0.25) is 0 Å². The van der Waals surface area contributed by atoms with E-state index in [0.29, 0.717) is 0 Å². The van der Waals surface area contributed by atoms with Crippen LogP contribution >= 0.6 is 0 Å². The quantitative estimate of drug-likeness (QED) is 0.789. The van der Waals surface area contributed by atoms with Crippen LogP contribution in [-0.2, 0) is 10.3 Å². The van der Waals surface area contributed by atoms with Gasteiger partial charge in [0.15, 0.2) is 11.8 Å². The monoisotopic (exact) mass is 237 g/mol. The summed E-state index contributed by atoms with van der Waals surface area (Å²) in [6, 6.07) is 14.2. The van der Waals surface area contributed by atoms with Crippen molar-refractivity contribution in [3.8, 4) is 5.75 Å². The van der Waals surface area contributed by atoms with Gasteiger partial charge in [0.1, 0.15) is 5.75 Å². The zero-order chi connectivity index (χ0) is 12.6. The molecule has 88 valence electrons. The van der Waals surface area contributed by atoms with Gasteiger partial charge in [-0.3, -0.25) is 9.79 Å². The molecule has 0 aromatic heterocycles. The van der Waals surface area contributed by atoms with Crippen LogP contribution < -0.4 is 10.6 Å². The predicted octanol–water partition coefficient (Wildman–Crippen LogP) is 0.900. The second kappa shape index (κ2) is 3.81. The molecule has 1 atom stereocenters. The first-order chi connectivity index (χ1) is 8.73. The molecule has 1 heterocycles. The summed E-state index contributed by atoms with van der Waals surface area (Å²) < 4.78 is 0. The highest BCUT2D eigenvalue weighted by atomic mass is 16.3. The van der Waals surface area contributed by atoms with E-state index in [1.165, 1.54) is 0 Å². The SMILES string of the molecule is O=CC1(c2ccc(O)cc2)C=c2ccccc2=N1. The fourth-order valence-electron chi connectivity index (χ4n) is 2.18. The summed E-state index contributed by atoms with van der Waals surface area (Å²) in [5.74, 6) is 0.176. The molecule has 0 aliphatic carbocycles. The van der Waals surface area contributed by atoms with Crippen LogP contribution in [-0.4, -0.2) is 11.4 Å². The minimum atomic E-state index is -0.961. The Morgan fingerprint density at radius 1 is 1.06 bits per heavy atom. The number of benzene rings is 2. The summed E-state index contributed by atoms with van der Waals surface area (Å²) in [7, 11) is 0. The molecule has 1 aliphatic heterocycles. The Labute approximate surface area is 104 Å². The third-order valence-electron chi connectivity index (χ3n) is 3.13.